The number of carbonyl (C=O) groups is 2. The van der Waals surface area contributed by atoms with E-state index < -0.39 is 5.97 Å². The van der Waals surface area contributed by atoms with Crippen molar-refractivity contribution in [3.05, 3.63) is 35.9 Å². The average Bonchev–Trinajstić information content (AvgIpc) is 2.38. The maximum absolute atomic E-state index is 11.9. The quantitative estimate of drug-likeness (QED) is 0.865. The fourth-order valence-corrected chi connectivity index (χ4v) is 2.48. The largest absolute Gasteiger partial charge is 0.481 e. The first kappa shape index (κ1) is 14.6. The first-order chi connectivity index (χ1) is 9.58. The highest BCUT2D eigenvalue weighted by molar-refractivity contribution is 5.77. The number of amides is 1. The number of carboxylic acids is 1. The summed E-state index contributed by atoms with van der Waals surface area (Å²) >= 11 is 0. The lowest BCUT2D eigenvalue weighted by molar-refractivity contribution is -0.150. The van der Waals surface area contributed by atoms with Gasteiger partial charge >= 0.3 is 5.97 Å². The lowest BCUT2D eigenvalue weighted by Crippen LogP contribution is -2.53. The fourth-order valence-electron chi connectivity index (χ4n) is 2.48. The van der Waals surface area contributed by atoms with Gasteiger partial charge in [-0.15, -0.1) is 0 Å². The van der Waals surface area contributed by atoms with E-state index in [-0.39, 0.29) is 17.7 Å². The Balaban J connectivity index is 1.66. The number of aryl methyl sites for hydroxylation is 1. The summed E-state index contributed by atoms with van der Waals surface area (Å²) in [5, 5.41) is 8.91. The van der Waals surface area contributed by atoms with Crippen LogP contribution in [0.4, 0.5) is 0 Å². The average molecular weight is 275 g/mol. The van der Waals surface area contributed by atoms with E-state index in [2.05, 4.69) is 12.1 Å². The zero-order valence-corrected chi connectivity index (χ0v) is 11.8. The summed E-state index contributed by atoms with van der Waals surface area (Å²) in [4.78, 5) is 24.5. The van der Waals surface area contributed by atoms with Crippen molar-refractivity contribution < 1.29 is 14.7 Å². The van der Waals surface area contributed by atoms with Gasteiger partial charge in [0.25, 0.3) is 0 Å². The normalized spacial score (nSPS) is 16.6. The molecule has 1 atom stereocenters. The molecule has 1 aromatic carbocycles. The van der Waals surface area contributed by atoms with E-state index in [1.165, 1.54) is 5.56 Å². The molecule has 0 spiro atoms. The van der Waals surface area contributed by atoms with Crippen LogP contribution in [0, 0.1) is 11.8 Å². The van der Waals surface area contributed by atoms with Gasteiger partial charge in [0.1, 0.15) is 0 Å². The maximum Gasteiger partial charge on any atom is 0.306 e. The Labute approximate surface area is 119 Å². The third kappa shape index (κ3) is 3.59. The molecule has 1 aromatic rings. The molecule has 0 saturated carbocycles. The third-order valence-electron chi connectivity index (χ3n) is 4.06. The predicted molar refractivity (Wildman–Crippen MR) is 76.2 cm³/mol. The zero-order valence-electron chi connectivity index (χ0n) is 11.8. The number of hydrogen-bond acceptors (Lipinski definition) is 2. The van der Waals surface area contributed by atoms with Crippen LogP contribution in [0.2, 0.25) is 0 Å². The molecule has 4 nitrogen and oxygen atoms in total. The standard InChI is InChI=1S/C16H21NO3/c1-12(16(19)20)14-10-17(11-14)15(18)9-5-8-13-6-3-2-4-7-13/h2-4,6-7,12,14H,5,8-11H2,1H3,(H,19,20). The first-order valence-corrected chi connectivity index (χ1v) is 7.12. The molecule has 0 aromatic heterocycles. The highest BCUT2D eigenvalue weighted by atomic mass is 16.4. The molecule has 0 radical (unpaired) electrons. The van der Waals surface area contributed by atoms with Gasteiger partial charge in [-0.25, -0.2) is 0 Å². The number of nitrogens with zero attached hydrogens (tertiary/aromatic N) is 1. The van der Waals surface area contributed by atoms with Crippen LogP contribution in [0.25, 0.3) is 0 Å². The van der Waals surface area contributed by atoms with E-state index in [0.717, 1.165) is 12.8 Å². The Morgan fingerprint density at radius 2 is 1.95 bits per heavy atom. The third-order valence-corrected chi connectivity index (χ3v) is 4.06. The summed E-state index contributed by atoms with van der Waals surface area (Å²) in [7, 11) is 0. The van der Waals surface area contributed by atoms with Crippen LogP contribution in [0.3, 0.4) is 0 Å². The lowest BCUT2D eigenvalue weighted by atomic mass is 9.87. The minimum atomic E-state index is -0.772. The highest BCUT2D eigenvalue weighted by Gasteiger charge is 2.36. The van der Waals surface area contributed by atoms with Crippen LogP contribution >= 0.6 is 0 Å². The van der Waals surface area contributed by atoms with Crippen LogP contribution in [-0.2, 0) is 16.0 Å². The Kier molecular flexibility index (Phi) is 4.77. The summed E-state index contributed by atoms with van der Waals surface area (Å²) in [6.45, 7) is 2.90. The van der Waals surface area contributed by atoms with Crippen LogP contribution in [0.15, 0.2) is 30.3 Å². The Morgan fingerprint density at radius 1 is 1.30 bits per heavy atom. The molecule has 1 N–H and O–H groups in total. The number of likely N-dealkylation sites (tertiary alicyclic amines) is 1. The minimum Gasteiger partial charge on any atom is -0.481 e. The first-order valence-electron chi connectivity index (χ1n) is 7.12. The van der Waals surface area contributed by atoms with Gasteiger partial charge in [0.15, 0.2) is 0 Å². The van der Waals surface area contributed by atoms with E-state index in [0.29, 0.717) is 19.5 Å². The van der Waals surface area contributed by atoms with E-state index in [1.54, 1.807) is 11.8 Å². The Bertz CT molecular complexity index is 466. The summed E-state index contributed by atoms with van der Waals surface area (Å²) < 4.78 is 0. The number of rotatable bonds is 6. The molecule has 2 rings (SSSR count). The summed E-state index contributed by atoms with van der Waals surface area (Å²) in [6.07, 6.45) is 2.30. The van der Waals surface area contributed by atoms with Crippen LogP contribution in [0.5, 0.6) is 0 Å². The van der Waals surface area contributed by atoms with Crippen molar-refractivity contribution in [2.24, 2.45) is 11.8 Å². The van der Waals surface area contributed by atoms with Gasteiger partial charge in [-0.3, -0.25) is 9.59 Å². The second-order valence-electron chi connectivity index (χ2n) is 5.52. The summed E-state index contributed by atoms with van der Waals surface area (Å²) in [6, 6.07) is 10.1. The van der Waals surface area contributed by atoms with Gasteiger partial charge in [0, 0.05) is 25.4 Å². The maximum atomic E-state index is 11.9. The monoisotopic (exact) mass is 275 g/mol. The van der Waals surface area contributed by atoms with Crippen molar-refractivity contribution in [1.29, 1.82) is 0 Å². The molecular weight excluding hydrogens is 254 g/mol. The smallest absolute Gasteiger partial charge is 0.306 e. The van der Waals surface area contributed by atoms with Crippen molar-refractivity contribution in [2.45, 2.75) is 26.2 Å². The fraction of sp³-hybridized carbons (Fsp3) is 0.500. The highest BCUT2D eigenvalue weighted by Crippen LogP contribution is 2.24. The van der Waals surface area contributed by atoms with Gasteiger partial charge in [-0.2, -0.15) is 0 Å². The second kappa shape index (κ2) is 6.55. The predicted octanol–water partition coefficient (Wildman–Crippen LogP) is 2.19. The second-order valence-corrected chi connectivity index (χ2v) is 5.52. The van der Waals surface area contributed by atoms with E-state index in [9.17, 15) is 9.59 Å². The van der Waals surface area contributed by atoms with Gasteiger partial charge in [0.2, 0.25) is 5.91 Å². The van der Waals surface area contributed by atoms with Gasteiger partial charge in [-0.05, 0) is 18.4 Å². The number of carbonyl (C=O) groups excluding carboxylic acids is 1. The number of aliphatic carboxylic acids is 1. The van der Waals surface area contributed by atoms with E-state index in [4.69, 9.17) is 5.11 Å². The molecule has 0 aliphatic carbocycles. The summed E-state index contributed by atoms with van der Waals surface area (Å²) in [5.41, 5.74) is 1.25. The molecule has 1 amide bonds. The molecule has 1 aliphatic heterocycles. The van der Waals surface area contributed by atoms with Crippen molar-refractivity contribution in [3.8, 4) is 0 Å². The molecule has 108 valence electrons. The molecule has 0 bridgehead atoms. The van der Waals surface area contributed by atoms with Crippen molar-refractivity contribution in [1.82, 2.24) is 4.90 Å². The van der Waals surface area contributed by atoms with Crippen LogP contribution in [-0.4, -0.2) is 35.0 Å². The van der Waals surface area contributed by atoms with Crippen molar-refractivity contribution in [2.75, 3.05) is 13.1 Å². The molecule has 1 saturated heterocycles. The van der Waals surface area contributed by atoms with Gasteiger partial charge in [0.05, 0.1) is 5.92 Å². The van der Waals surface area contributed by atoms with Crippen molar-refractivity contribution in [3.63, 3.8) is 0 Å². The van der Waals surface area contributed by atoms with Crippen LogP contribution in [0.1, 0.15) is 25.3 Å². The lowest BCUT2D eigenvalue weighted by Gasteiger charge is -2.41. The molecule has 20 heavy (non-hydrogen) atoms. The SMILES string of the molecule is CC(C(=O)O)C1CN(C(=O)CCCc2ccccc2)C1. The number of hydrogen-bond donors (Lipinski definition) is 1. The molecule has 4 heteroatoms. The topological polar surface area (TPSA) is 57.6 Å². The molecule has 1 unspecified atom stereocenters. The molecular formula is C16H21NO3. The van der Waals surface area contributed by atoms with Crippen molar-refractivity contribution >= 4 is 11.9 Å². The number of carboxylic acid groups (broad SMARTS) is 1. The summed E-state index contributed by atoms with van der Waals surface area (Å²) in [5.74, 6) is -0.866. The Morgan fingerprint density at radius 3 is 2.55 bits per heavy atom. The van der Waals surface area contributed by atoms with Gasteiger partial charge < -0.3 is 10.0 Å². The minimum absolute atomic E-state index is 0.116. The van der Waals surface area contributed by atoms with E-state index in [1.807, 2.05) is 18.2 Å². The molecule has 1 fully saturated rings. The van der Waals surface area contributed by atoms with E-state index >= 15 is 0 Å². The molecule has 1 aliphatic rings. The van der Waals surface area contributed by atoms with Crippen LogP contribution < -0.4 is 0 Å². The molecule has 1 heterocycles. The zero-order chi connectivity index (χ0) is 14.5. The van der Waals surface area contributed by atoms with Gasteiger partial charge in [-0.1, -0.05) is 37.3 Å². The Hall–Kier alpha value is -1.84. The number of benzene rings is 1.